The predicted molar refractivity (Wildman–Crippen MR) is 68.1 cm³/mol. The molecule has 1 aromatic rings. The number of halogens is 1. The topological polar surface area (TPSA) is 65.9 Å². The van der Waals surface area contributed by atoms with E-state index in [0.29, 0.717) is 22.2 Å². The van der Waals surface area contributed by atoms with Crippen LogP contribution in [-0.4, -0.2) is 24.1 Å². The highest BCUT2D eigenvalue weighted by molar-refractivity contribution is 6.33. The SMILES string of the molecule is Cc1nc(N2CC(C)C(N)C2)c(Cl)cc1C#N. The molecule has 5 heteroatoms. The van der Waals surface area contributed by atoms with Crippen LogP contribution in [0.5, 0.6) is 0 Å². The molecule has 1 saturated heterocycles. The molecule has 0 radical (unpaired) electrons. The Balaban J connectivity index is 2.35. The molecule has 0 amide bonds. The monoisotopic (exact) mass is 250 g/mol. The number of nitrogens with zero attached hydrogens (tertiary/aromatic N) is 3. The molecule has 2 atom stereocenters. The van der Waals surface area contributed by atoms with E-state index in [1.807, 2.05) is 6.92 Å². The van der Waals surface area contributed by atoms with Crippen molar-refractivity contribution < 1.29 is 0 Å². The Kier molecular flexibility index (Phi) is 3.23. The van der Waals surface area contributed by atoms with Gasteiger partial charge in [-0.05, 0) is 18.9 Å². The van der Waals surface area contributed by atoms with Crippen LogP contribution in [0.2, 0.25) is 5.02 Å². The summed E-state index contributed by atoms with van der Waals surface area (Å²) in [7, 11) is 0. The van der Waals surface area contributed by atoms with Gasteiger partial charge in [-0.15, -0.1) is 0 Å². The number of hydrogen-bond donors (Lipinski definition) is 1. The van der Waals surface area contributed by atoms with Gasteiger partial charge >= 0.3 is 0 Å². The number of aryl methyl sites for hydroxylation is 1. The van der Waals surface area contributed by atoms with Crippen LogP contribution in [0.3, 0.4) is 0 Å². The maximum atomic E-state index is 8.90. The zero-order valence-corrected chi connectivity index (χ0v) is 10.7. The molecule has 0 saturated carbocycles. The molecule has 1 aliphatic heterocycles. The largest absolute Gasteiger partial charge is 0.353 e. The molecule has 2 unspecified atom stereocenters. The van der Waals surface area contributed by atoms with E-state index in [2.05, 4.69) is 22.9 Å². The Morgan fingerprint density at radius 1 is 1.59 bits per heavy atom. The summed E-state index contributed by atoms with van der Waals surface area (Å²) in [6.45, 7) is 5.56. The van der Waals surface area contributed by atoms with E-state index in [-0.39, 0.29) is 6.04 Å². The van der Waals surface area contributed by atoms with Gasteiger partial charge in [-0.25, -0.2) is 4.98 Å². The molecule has 1 fully saturated rings. The van der Waals surface area contributed by atoms with Crippen LogP contribution in [0.25, 0.3) is 0 Å². The van der Waals surface area contributed by atoms with Crippen molar-refractivity contribution in [2.24, 2.45) is 11.7 Å². The quantitative estimate of drug-likeness (QED) is 0.824. The fraction of sp³-hybridized carbons (Fsp3) is 0.500. The average molecular weight is 251 g/mol. The van der Waals surface area contributed by atoms with Crippen molar-refractivity contribution in [1.29, 1.82) is 5.26 Å². The minimum atomic E-state index is 0.156. The normalized spacial score (nSPS) is 23.8. The zero-order chi connectivity index (χ0) is 12.6. The lowest BCUT2D eigenvalue weighted by atomic mass is 10.1. The van der Waals surface area contributed by atoms with Crippen LogP contribution in [0.15, 0.2) is 6.07 Å². The van der Waals surface area contributed by atoms with Gasteiger partial charge in [0.1, 0.15) is 11.9 Å². The third-order valence-electron chi connectivity index (χ3n) is 3.24. The number of nitriles is 1. The van der Waals surface area contributed by atoms with Gasteiger partial charge in [-0.2, -0.15) is 5.26 Å². The van der Waals surface area contributed by atoms with Crippen molar-refractivity contribution in [1.82, 2.24) is 4.98 Å². The van der Waals surface area contributed by atoms with Crippen molar-refractivity contribution >= 4 is 17.4 Å². The Bertz CT molecular complexity index is 470. The predicted octanol–water partition coefficient (Wildman–Crippen LogP) is 1.70. The average Bonchev–Trinajstić information content (AvgIpc) is 2.61. The number of aromatic nitrogens is 1. The van der Waals surface area contributed by atoms with Gasteiger partial charge in [-0.3, -0.25) is 0 Å². The molecular formula is C12H15ClN4. The van der Waals surface area contributed by atoms with Gasteiger partial charge in [0, 0.05) is 19.1 Å². The minimum Gasteiger partial charge on any atom is -0.353 e. The van der Waals surface area contributed by atoms with E-state index in [9.17, 15) is 0 Å². The van der Waals surface area contributed by atoms with E-state index in [1.165, 1.54) is 0 Å². The van der Waals surface area contributed by atoms with Gasteiger partial charge in [0.25, 0.3) is 0 Å². The van der Waals surface area contributed by atoms with Crippen molar-refractivity contribution in [3.05, 3.63) is 22.3 Å². The van der Waals surface area contributed by atoms with Crippen molar-refractivity contribution in [2.75, 3.05) is 18.0 Å². The molecule has 2 N–H and O–H groups in total. The summed E-state index contributed by atoms with van der Waals surface area (Å²) >= 11 is 6.16. The smallest absolute Gasteiger partial charge is 0.147 e. The molecule has 4 nitrogen and oxygen atoms in total. The maximum Gasteiger partial charge on any atom is 0.147 e. The van der Waals surface area contributed by atoms with Crippen molar-refractivity contribution in [3.63, 3.8) is 0 Å². The summed E-state index contributed by atoms with van der Waals surface area (Å²) in [6.07, 6.45) is 0. The molecule has 2 rings (SSSR count). The summed E-state index contributed by atoms with van der Waals surface area (Å²) in [4.78, 5) is 6.50. The Labute approximate surface area is 106 Å². The number of rotatable bonds is 1. The zero-order valence-electron chi connectivity index (χ0n) is 9.94. The van der Waals surface area contributed by atoms with Gasteiger partial charge in [-0.1, -0.05) is 18.5 Å². The fourth-order valence-electron chi connectivity index (χ4n) is 2.07. The molecule has 0 spiro atoms. The second-order valence-corrected chi connectivity index (χ2v) is 4.99. The molecule has 17 heavy (non-hydrogen) atoms. The maximum absolute atomic E-state index is 8.90. The lowest BCUT2D eigenvalue weighted by Crippen LogP contribution is -2.28. The number of hydrogen-bond acceptors (Lipinski definition) is 4. The molecule has 2 heterocycles. The van der Waals surface area contributed by atoms with Crippen molar-refractivity contribution in [3.8, 4) is 6.07 Å². The second-order valence-electron chi connectivity index (χ2n) is 4.58. The van der Waals surface area contributed by atoms with Crippen LogP contribution in [0.1, 0.15) is 18.2 Å². The van der Waals surface area contributed by atoms with Crippen LogP contribution >= 0.6 is 11.6 Å². The summed E-state index contributed by atoms with van der Waals surface area (Å²) in [5, 5.41) is 9.42. The molecule has 0 aromatic carbocycles. The highest BCUT2D eigenvalue weighted by Gasteiger charge is 2.28. The van der Waals surface area contributed by atoms with Gasteiger partial charge in [0.15, 0.2) is 0 Å². The standard InChI is InChI=1S/C12H15ClN4/c1-7-5-17(6-11(7)15)12-10(13)3-9(4-14)8(2)16-12/h3,7,11H,5-6,15H2,1-2H3. The second kappa shape index (κ2) is 4.52. The Hall–Kier alpha value is -1.31. The highest BCUT2D eigenvalue weighted by Crippen LogP contribution is 2.29. The van der Waals surface area contributed by atoms with Crippen molar-refractivity contribution in [2.45, 2.75) is 19.9 Å². The van der Waals surface area contributed by atoms with Gasteiger partial charge < -0.3 is 10.6 Å². The summed E-state index contributed by atoms with van der Waals surface area (Å²) in [6, 6.07) is 3.91. The van der Waals surface area contributed by atoms with Gasteiger partial charge in [0.05, 0.1) is 16.3 Å². The Morgan fingerprint density at radius 2 is 2.29 bits per heavy atom. The first-order valence-electron chi connectivity index (χ1n) is 5.60. The van der Waals surface area contributed by atoms with E-state index in [0.717, 1.165) is 18.9 Å². The molecular weight excluding hydrogens is 236 g/mol. The van der Waals surface area contributed by atoms with Gasteiger partial charge in [0.2, 0.25) is 0 Å². The minimum absolute atomic E-state index is 0.156. The van der Waals surface area contributed by atoms with Crippen LogP contribution < -0.4 is 10.6 Å². The third-order valence-corrected chi connectivity index (χ3v) is 3.52. The lowest BCUT2D eigenvalue weighted by molar-refractivity contribution is 0.566. The molecule has 0 aliphatic carbocycles. The van der Waals surface area contributed by atoms with Crippen LogP contribution in [0, 0.1) is 24.2 Å². The Morgan fingerprint density at radius 3 is 2.82 bits per heavy atom. The van der Waals surface area contributed by atoms with E-state index >= 15 is 0 Å². The molecule has 1 aromatic heterocycles. The number of pyridine rings is 1. The van der Waals surface area contributed by atoms with E-state index < -0.39 is 0 Å². The highest BCUT2D eigenvalue weighted by atomic mass is 35.5. The molecule has 90 valence electrons. The van der Waals surface area contributed by atoms with Crippen LogP contribution in [-0.2, 0) is 0 Å². The van der Waals surface area contributed by atoms with E-state index in [1.54, 1.807) is 6.07 Å². The van der Waals surface area contributed by atoms with Crippen LogP contribution in [0.4, 0.5) is 5.82 Å². The number of anilines is 1. The third kappa shape index (κ3) is 2.21. The molecule has 0 bridgehead atoms. The summed E-state index contributed by atoms with van der Waals surface area (Å²) < 4.78 is 0. The number of nitrogens with two attached hydrogens (primary N) is 1. The summed E-state index contributed by atoms with van der Waals surface area (Å²) in [5.74, 6) is 1.17. The summed E-state index contributed by atoms with van der Waals surface area (Å²) in [5.41, 5.74) is 7.22. The fourth-order valence-corrected chi connectivity index (χ4v) is 2.34. The molecule has 1 aliphatic rings. The first-order valence-corrected chi connectivity index (χ1v) is 5.98. The first-order chi connectivity index (χ1) is 8.02. The van der Waals surface area contributed by atoms with E-state index in [4.69, 9.17) is 22.6 Å². The lowest BCUT2D eigenvalue weighted by Gasteiger charge is -2.19. The first kappa shape index (κ1) is 12.2.